The van der Waals surface area contributed by atoms with E-state index >= 15 is 0 Å². The summed E-state index contributed by atoms with van der Waals surface area (Å²) >= 11 is 7.11. The molecule has 0 atom stereocenters. The van der Waals surface area contributed by atoms with E-state index in [9.17, 15) is 10.1 Å². The first-order valence-corrected chi connectivity index (χ1v) is 7.62. The SMILES string of the molecule is N#C/C(Sc1ccc(Cl)cc1)=C1\NC(=O)c2ccccc2N1. The molecule has 0 spiro atoms. The second-order valence-electron chi connectivity index (χ2n) is 4.50. The van der Waals surface area contributed by atoms with Crippen LogP contribution in [0.1, 0.15) is 10.4 Å². The molecule has 1 aliphatic heterocycles. The van der Waals surface area contributed by atoms with Gasteiger partial charge in [-0.1, -0.05) is 35.5 Å². The number of para-hydroxylation sites is 1. The van der Waals surface area contributed by atoms with Gasteiger partial charge in [0.05, 0.1) is 11.3 Å². The number of carbonyl (C=O) groups excluding carboxylic acids is 1. The molecule has 0 aromatic heterocycles. The molecule has 0 saturated carbocycles. The lowest BCUT2D eigenvalue weighted by molar-refractivity contribution is 0.0964. The number of rotatable bonds is 2. The van der Waals surface area contributed by atoms with Crippen molar-refractivity contribution in [2.75, 3.05) is 5.32 Å². The lowest BCUT2D eigenvalue weighted by Gasteiger charge is -2.22. The van der Waals surface area contributed by atoms with Gasteiger partial charge in [-0.25, -0.2) is 0 Å². The van der Waals surface area contributed by atoms with E-state index in [-0.39, 0.29) is 5.91 Å². The largest absolute Gasteiger partial charge is 0.340 e. The number of nitrogens with zero attached hydrogens (tertiary/aromatic N) is 1. The smallest absolute Gasteiger partial charge is 0.258 e. The van der Waals surface area contributed by atoms with Crippen LogP contribution < -0.4 is 10.6 Å². The number of fused-ring (bicyclic) bond motifs is 1. The van der Waals surface area contributed by atoms with Gasteiger partial charge in [0, 0.05) is 9.92 Å². The topological polar surface area (TPSA) is 64.9 Å². The fourth-order valence-corrected chi connectivity index (χ4v) is 2.88. The second-order valence-corrected chi connectivity index (χ2v) is 6.02. The van der Waals surface area contributed by atoms with Gasteiger partial charge < -0.3 is 10.6 Å². The van der Waals surface area contributed by atoms with Crippen molar-refractivity contribution in [3.63, 3.8) is 0 Å². The summed E-state index contributed by atoms with van der Waals surface area (Å²) in [6.45, 7) is 0. The quantitative estimate of drug-likeness (QED) is 0.647. The minimum absolute atomic E-state index is 0.228. The molecule has 0 saturated heterocycles. The van der Waals surface area contributed by atoms with E-state index in [1.54, 1.807) is 30.3 Å². The Morgan fingerprint density at radius 1 is 1.09 bits per heavy atom. The Morgan fingerprint density at radius 2 is 1.82 bits per heavy atom. The number of anilines is 1. The van der Waals surface area contributed by atoms with Crippen LogP contribution in [-0.2, 0) is 0 Å². The molecule has 6 heteroatoms. The molecule has 1 heterocycles. The Kier molecular flexibility index (Phi) is 4.05. The second kappa shape index (κ2) is 6.14. The molecule has 1 amide bonds. The minimum Gasteiger partial charge on any atom is -0.340 e. The average molecular weight is 328 g/mol. The van der Waals surface area contributed by atoms with Crippen LogP contribution in [0.25, 0.3) is 0 Å². The first-order valence-electron chi connectivity index (χ1n) is 6.42. The van der Waals surface area contributed by atoms with Crippen LogP contribution in [-0.4, -0.2) is 5.91 Å². The minimum atomic E-state index is -0.228. The van der Waals surface area contributed by atoms with Gasteiger partial charge in [0.15, 0.2) is 0 Å². The number of hydrogen-bond donors (Lipinski definition) is 2. The standard InChI is InChI=1S/C16H10ClN3OS/c17-10-5-7-11(8-6-10)22-14(9-18)15-19-13-4-2-1-3-12(13)16(21)20-15/h1-8,19H,(H,20,21)/b15-14+. The number of allylic oxidation sites excluding steroid dienone is 1. The lowest BCUT2D eigenvalue weighted by Crippen LogP contribution is -2.33. The van der Waals surface area contributed by atoms with Crippen LogP contribution in [0.15, 0.2) is 64.2 Å². The van der Waals surface area contributed by atoms with Gasteiger partial charge in [-0.3, -0.25) is 4.79 Å². The molecule has 0 unspecified atom stereocenters. The molecule has 22 heavy (non-hydrogen) atoms. The van der Waals surface area contributed by atoms with Crippen molar-refractivity contribution in [3.8, 4) is 6.07 Å². The van der Waals surface area contributed by atoms with Crippen molar-refractivity contribution in [3.05, 3.63) is 69.8 Å². The number of thioether (sulfide) groups is 1. The molecule has 2 N–H and O–H groups in total. The third-order valence-electron chi connectivity index (χ3n) is 3.03. The number of carbonyl (C=O) groups is 1. The third-order valence-corrected chi connectivity index (χ3v) is 4.29. The predicted octanol–water partition coefficient (Wildman–Crippen LogP) is 3.98. The molecular formula is C16H10ClN3OS. The molecule has 2 aromatic carbocycles. The maximum atomic E-state index is 12.1. The molecule has 4 nitrogen and oxygen atoms in total. The predicted molar refractivity (Wildman–Crippen MR) is 87.5 cm³/mol. The van der Waals surface area contributed by atoms with Crippen molar-refractivity contribution in [1.82, 2.24) is 5.32 Å². The number of nitriles is 1. The van der Waals surface area contributed by atoms with Gasteiger partial charge in [-0.2, -0.15) is 5.26 Å². The summed E-state index contributed by atoms with van der Waals surface area (Å²) in [5.74, 6) is 0.167. The lowest BCUT2D eigenvalue weighted by atomic mass is 10.1. The van der Waals surface area contributed by atoms with Crippen molar-refractivity contribution in [1.29, 1.82) is 5.26 Å². The number of halogens is 1. The summed E-state index contributed by atoms with van der Waals surface area (Å²) < 4.78 is 0. The molecule has 1 aliphatic rings. The van der Waals surface area contributed by atoms with E-state index in [1.165, 1.54) is 11.8 Å². The molecule has 0 aliphatic carbocycles. The summed E-state index contributed by atoms with van der Waals surface area (Å²) in [6.07, 6.45) is 0. The summed E-state index contributed by atoms with van der Waals surface area (Å²) in [6, 6.07) is 16.4. The zero-order chi connectivity index (χ0) is 15.5. The van der Waals surface area contributed by atoms with Crippen LogP contribution in [0.3, 0.4) is 0 Å². The van der Waals surface area contributed by atoms with Gasteiger partial charge in [0.1, 0.15) is 16.8 Å². The van der Waals surface area contributed by atoms with E-state index in [4.69, 9.17) is 11.6 Å². The highest BCUT2D eigenvalue weighted by atomic mass is 35.5. The van der Waals surface area contributed by atoms with Gasteiger partial charge in [0.2, 0.25) is 0 Å². The zero-order valence-corrected chi connectivity index (χ0v) is 12.8. The molecule has 0 bridgehead atoms. The van der Waals surface area contributed by atoms with E-state index in [1.807, 2.05) is 18.2 Å². The maximum Gasteiger partial charge on any atom is 0.258 e. The maximum absolute atomic E-state index is 12.1. The molecule has 2 aromatic rings. The zero-order valence-electron chi connectivity index (χ0n) is 11.3. The number of nitrogens with one attached hydrogen (secondary N) is 2. The van der Waals surface area contributed by atoms with Crippen LogP contribution >= 0.6 is 23.4 Å². The van der Waals surface area contributed by atoms with Crippen molar-refractivity contribution in [2.45, 2.75) is 4.90 Å². The van der Waals surface area contributed by atoms with Gasteiger partial charge >= 0.3 is 0 Å². The third kappa shape index (κ3) is 2.93. The van der Waals surface area contributed by atoms with Crippen molar-refractivity contribution in [2.24, 2.45) is 0 Å². The molecular weight excluding hydrogens is 318 g/mol. The summed E-state index contributed by atoms with van der Waals surface area (Å²) in [7, 11) is 0. The van der Waals surface area contributed by atoms with Crippen LogP contribution in [0.4, 0.5) is 5.69 Å². The Balaban J connectivity index is 1.93. The van der Waals surface area contributed by atoms with E-state index < -0.39 is 0 Å². The highest BCUT2D eigenvalue weighted by Gasteiger charge is 2.22. The van der Waals surface area contributed by atoms with Crippen molar-refractivity contribution < 1.29 is 4.79 Å². The van der Waals surface area contributed by atoms with Crippen LogP contribution in [0.5, 0.6) is 0 Å². The number of hydrogen-bond acceptors (Lipinski definition) is 4. The van der Waals surface area contributed by atoms with E-state index in [0.29, 0.717) is 27.0 Å². The first kappa shape index (κ1) is 14.5. The Labute approximate surface area is 136 Å². The van der Waals surface area contributed by atoms with Crippen LogP contribution in [0.2, 0.25) is 5.02 Å². The summed E-state index contributed by atoms with van der Waals surface area (Å²) in [5, 5.41) is 15.8. The fourth-order valence-electron chi connectivity index (χ4n) is 2.00. The summed E-state index contributed by atoms with van der Waals surface area (Å²) in [4.78, 5) is 13.3. The van der Waals surface area contributed by atoms with Gasteiger partial charge in [0.25, 0.3) is 5.91 Å². The molecule has 3 rings (SSSR count). The van der Waals surface area contributed by atoms with Crippen molar-refractivity contribution >= 4 is 35.0 Å². The Bertz CT molecular complexity index is 809. The molecule has 0 fully saturated rings. The van der Waals surface area contributed by atoms with Crippen LogP contribution in [0, 0.1) is 11.3 Å². The highest BCUT2D eigenvalue weighted by Crippen LogP contribution is 2.31. The fraction of sp³-hybridized carbons (Fsp3) is 0. The molecule has 0 radical (unpaired) electrons. The Morgan fingerprint density at radius 3 is 2.55 bits per heavy atom. The average Bonchev–Trinajstić information content (AvgIpc) is 2.54. The number of benzene rings is 2. The normalized spacial score (nSPS) is 15.2. The van der Waals surface area contributed by atoms with Gasteiger partial charge in [-0.05, 0) is 36.4 Å². The van der Waals surface area contributed by atoms with E-state index in [2.05, 4.69) is 16.7 Å². The number of amides is 1. The highest BCUT2D eigenvalue weighted by molar-refractivity contribution is 8.03. The molecule has 108 valence electrons. The monoisotopic (exact) mass is 327 g/mol. The first-order chi connectivity index (χ1) is 10.7. The van der Waals surface area contributed by atoms with Gasteiger partial charge in [-0.15, -0.1) is 0 Å². The Hall–Kier alpha value is -2.42. The summed E-state index contributed by atoms with van der Waals surface area (Å²) in [5.41, 5.74) is 1.24. The van der Waals surface area contributed by atoms with E-state index in [0.717, 1.165) is 4.90 Å².